The van der Waals surface area contributed by atoms with Crippen LogP contribution in [-0.2, 0) is 16.1 Å². The van der Waals surface area contributed by atoms with Gasteiger partial charge in [0.15, 0.2) is 5.78 Å². The number of hydrogen-bond donors (Lipinski definition) is 1. The van der Waals surface area contributed by atoms with Gasteiger partial charge in [-0.05, 0) is 54.8 Å². The minimum atomic E-state index is -0.566. The van der Waals surface area contributed by atoms with Crippen molar-refractivity contribution in [3.63, 3.8) is 0 Å². The molecule has 0 aromatic heterocycles. The number of methoxy groups -OCH3 is 1. The topological polar surface area (TPSA) is 91.8 Å². The Morgan fingerprint density at radius 1 is 1.17 bits per heavy atom. The van der Waals surface area contributed by atoms with Crippen LogP contribution in [0.1, 0.15) is 36.3 Å². The third-order valence-electron chi connectivity index (χ3n) is 7.13. The number of Topliss-reactive ketones (excluding diaryl/α,β-unsaturated/α-hetero) is 1. The molecule has 2 aromatic rings. The Morgan fingerprint density at radius 3 is 2.61 bits per heavy atom. The highest BCUT2D eigenvalue weighted by atomic mass is 19.1. The van der Waals surface area contributed by atoms with Gasteiger partial charge in [-0.1, -0.05) is 6.07 Å². The van der Waals surface area contributed by atoms with E-state index in [1.165, 1.54) is 12.1 Å². The predicted molar refractivity (Wildman–Crippen MR) is 133 cm³/mol. The van der Waals surface area contributed by atoms with Crippen LogP contribution in [0.4, 0.5) is 10.1 Å². The average Bonchev–Trinajstić information content (AvgIpc) is 2.89. The SMILES string of the molecule is COc1ccc(C2C(C#N)=C(N)N(c3ccc(F)cc3)C3=C2C(=O)CCC3)cc1CN1CCOCC1. The van der Waals surface area contributed by atoms with E-state index >= 15 is 0 Å². The van der Waals surface area contributed by atoms with Crippen LogP contribution in [0.2, 0.25) is 0 Å². The molecule has 0 amide bonds. The first-order chi connectivity index (χ1) is 17.5. The maximum absolute atomic E-state index is 13.6. The molecule has 3 aliphatic rings. The number of anilines is 1. The maximum Gasteiger partial charge on any atom is 0.161 e. The van der Waals surface area contributed by atoms with Crippen molar-refractivity contribution < 1.29 is 18.7 Å². The molecule has 1 saturated heterocycles. The van der Waals surface area contributed by atoms with Crippen molar-refractivity contribution in [1.82, 2.24) is 4.90 Å². The van der Waals surface area contributed by atoms with E-state index in [4.69, 9.17) is 15.2 Å². The van der Waals surface area contributed by atoms with Crippen molar-refractivity contribution >= 4 is 11.5 Å². The minimum Gasteiger partial charge on any atom is -0.496 e. The van der Waals surface area contributed by atoms with Gasteiger partial charge >= 0.3 is 0 Å². The normalized spacial score (nSPS) is 20.9. The van der Waals surface area contributed by atoms with Gasteiger partial charge in [-0.3, -0.25) is 14.6 Å². The minimum absolute atomic E-state index is 0.0131. The lowest BCUT2D eigenvalue weighted by atomic mass is 9.75. The zero-order valence-electron chi connectivity index (χ0n) is 20.3. The number of carbonyl (C=O) groups excluding carboxylic acids is 1. The molecule has 1 atom stereocenters. The fraction of sp³-hybridized carbons (Fsp3) is 0.357. The van der Waals surface area contributed by atoms with E-state index in [9.17, 15) is 14.4 Å². The van der Waals surface area contributed by atoms with Crippen LogP contribution in [0, 0.1) is 17.1 Å². The Labute approximate surface area is 210 Å². The number of halogens is 1. The van der Waals surface area contributed by atoms with Crippen molar-refractivity contribution in [3.05, 3.63) is 82.1 Å². The molecule has 2 heterocycles. The fourth-order valence-electron chi connectivity index (χ4n) is 5.41. The first-order valence-corrected chi connectivity index (χ1v) is 12.2. The third-order valence-corrected chi connectivity index (χ3v) is 7.13. The number of morpholine rings is 1. The molecule has 36 heavy (non-hydrogen) atoms. The molecule has 0 bridgehead atoms. The zero-order chi connectivity index (χ0) is 25.2. The van der Waals surface area contributed by atoms with E-state index in [1.54, 1.807) is 24.1 Å². The molecule has 5 rings (SSSR count). The van der Waals surface area contributed by atoms with E-state index in [-0.39, 0.29) is 17.4 Å². The van der Waals surface area contributed by atoms with Crippen molar-refractivity contribution in [3.8, 4) is 11.8 Å². The quantitative estimate of drug-likeness (QED) is 0.681. The lowest BCUT2D eigenvalue weighted by Gasteiger charge is -2.39. The number of nitrogens with zero attached hydrogens (tertiary/aromatic N) is 3. The van der Waals surface area contributed by atoms with E-state index in [1.807, 2.05) is 18.2 Å². The second-order valence-corrected chi connectivity index (χ2v) is 9.25. The van der Waals surface area contributed by atoms with Crippen LogP contribution in [-0.4, -0.2) is 44.1 Å². The van der Waals surface area contributed by atoms with Gasteiger partial charge in [0.1, 0.15) is 17.4 Å². The molecule has 1 aliphatic carbocycles. The van der Waals surface area contributed by atoms with Gasteiger partial charge in [-0.15, -0.1) is 0 Å². The van der Waals surface area contributed by atoms with E-state index in [2.05, 4.69) is 11.0 Å². The zero-order valence-corrected chi connectivity index (χ0v) is 20.3. The lowest BCUT2D eigenvalue weighted by molar-refractivity contribution is -0.116. The number of nitrogens with two attached hydrogens (primary N) is 1. The van der Waals surface area contributed by atoms with Crippen LogP contribution >= 0.6 is 0 Å². The summed E-state index contributed by atoms with van der Waals surface area (Å²) in [7, 11) is 1.64. The molecular weight excluding hydrogens is 459 g/mol. The standard InChI is InChI=1S/C28H29FN4O3/c1-35-25-10-5-18(15-19(25)17-32-11-13-36-14-12-32)26-22(16-30)28(31)33(21-8-6-20(29)7-9-21)23-3-2-4-24(34)27(23)26/h5-10,15,26H,2-4,11-14,17,31H2,1H3. The van der Waals surface area contributed by atoms with Gasteiger partial charge in [-0.2, -0.15) is 5.26 Å². The highest BCUT2D eigenvalue weighted by Gasteiger charge is 2.40. The number of nitriles is 1. The predicted octanol–water partition coefficient (Wildman–Crippen LogP) is 3.97. The molecule has 2 N–H and O–H groups in total. The van der Waals surface area contributed by atoms with E-state index in [0.717, 1.165) is 35.7 Å². The van der Waals surface area contributed by atoms with Crippen LogP contribution in [0.25, 0.3) is 0 Å². The summed E-state index contributed by atoms with van der Waals surface area (Å²) < 4.78 is 24.8. The number of carbonyl (C=O) groups is 1. The molecule has 8 heteroatoms. The van der Waals surface area contributed by atoms with Gasteiger partial charge in [0, 0.05) is 48.6 Å². The Kier molecular flexibility index (Phi) is 6.77. The molecule has 0 radical (unpaired) electrons. The summed E-state index contributed by atoms with van der Waals surface area (Å²) in [4.78, 5) is 17.4. The summed E-state index contributed by atoms with van der Waals surface area (Å²) in [6.07, 6.45) is 1.76. The number of hydrogen-bond acceptors (Lipinski definition) is 7. The van der Waals surface area contributed by atoms with Gasteiger partial charge in [0.2, 0.25) is 0 Å². The van der Waals surface area contributed by atoms with Crippen LogP contribution < -0.4 is 15.4 Å². The lowest BCUT2D eigenvalue weighted by Crippen LogP contribution is -2.38. The second kappa shape index (κ2) is 10.1. The number of rotatable bonds is 5. The summed E-state index contributed by atoms with van der Waals surface area (Å²) in [5, 5.41) is 10.3. The Balaban J connectivity index is 1.62. The van der Waals surface area contributed by atoms with Crippen LogP contribution in [0.3, 0.4) is 0 Å². The molecule has 7 nitrogen and oxygen atoms in total. The first kappa shape index (κ1) is 24.0. The average molecular weight is 489 g/mol. The molecule has 0 saturated carbocycles. The third kappa shape index (κ3) is 4.36. The van der Waals surface area contributed by atoms with Crippen molar-refractivity contribution in [2.75, 3.05) is 38.3 Å². The first-order valence-electron chi connectivity index (χ1n) is 12.2. The summed E-state index contributed by atoms with van der Waals surface area (Å²) in [5.74, 6) is 0.112. The molecule has 2 aliphatic heterocycles. The van der Waals surface area contributed by atoms with Gasteiger partial charge < -0.3 is 15.2 Å². The number of allylic oxidation sites excluding steroid dienone is 3. The van der Waals surface area contributed by atoms with Crippen molar-refractivity contribution in [2.24, 2.45) is 5.73 Å². The number of benzene rings is 2. The summed E-state index contributed by atoms with van der Waals surface area (Å²) in [6, 6.07) is 14.1. The smallest absolute Gasteiger partial charge is 0.161 e. The number of ether oxygens (including phenoxy) is 2. The molecule has 2 aromatic carbocycles. The van der Waals surface area contributed by atoms with Gasteiger partial charge in [-0.25, -0.2) is 4.39 Å². The summed E-state index contributed by atoms with van der Waals surface area (Å²) in [6.45, 7) is 3.70. The van der Waals surface area contributed by atoms with Crippen molar-refractivity contribution in [2.45, 2.75) is 31.7 Å². The number of ketones is 1. The van der Waals surface area contributed by atoms with E-state index < -0.39 is 5.92 Å². The van der Waals surface area contributed by atoms with Crippen LogP contribution in [0.5, 0.6) is 5.75 Å². The summed E-state index contributed by atoms with van der Waals surface area (Å²) in [5.41, 5.74) is 10.8. The monoisotopic (exact) mass is 488 g/mol. The van der Waals surface area contributed by atoms with Gasteiger partial charge in [0.05, 0.1) is 37.9 Å². The second-order valence-electron chi connectivity index (χ2n) is 9.25. The highest BCUT2D eigenvalue weighted by molar-refractivity contribution is 6.01. The Bertz CT molecular complexity index is 1270. The van der Waals surface area contributed by atoms with Gasteiger partial charge in [0.25, 0.3) is 0 Å². The molecular formula is C28H29FN4O3. The fourth-order valence-corrected chi connectivity index (χ4v) is 5.41. The highest BCUT2D eigenvalue weighted by Crippen LogP contribution is 2.46. The van der Waals surface area contributed by atoms with Crippen molar-refractivity contribution in [1.29, 1.82) is 5.26 Å². The van der Waals surface area contributed by atoms with E-state index in [0.29, 0.717) is 55.9 Å². The Hall–Kier alpha value is -3.67. The molecule has 1 unspecified atom stereocenters. The Morgan fingerprint density at radius 2 is 1.92 bits per heavy atom. The molecule has 186 valence electrons. The molecule has 1 fully saturated rings. The summed E-state index contributed by atoms with van der Waals surface area (Å²) >= 11 is 0. The van der Waals surface area contributed by atoms with Crippen LogP contribution in [0.15, 0.2) is 65.1 Å². The largest absolute Gasteiger partial charge is 0.496 e. The maximum atomic E-state index is 13.6. The molecule has 0 spiro atoms.